The quantitative estimate of drug-likeness (QED) is 0.416. The van der Waals surface area contributed by atoms with Crippen LogP contribution in [-0.2, 0) is 19.1 Å². The monoisotopic (exact) mass is 554 g/mol. The number of ether oxygens (including phenoxy) is 1. The van der Waals surface area contributed by atoms with Crippen LogP contribution in [-0.4, -0.2) is 57.5 Å². The molecule has 0 unspecified atom stereocenters. The van der Waals surface area contributed by atoms with E-state index in [1.165, 1.54) is 4.90 Å². The van der Waals surface area contributed by atoms with Gasteiger partial charge < -0.3 is 20.1 Å². The van der Waals surface area contributed by atoms with Crippen molar-refractivity contribution in [3.63, 3.8) is 0 Å². The number of hydrogen-bond donors (Lipinski definition) is 2. The van der Waals surface area contributed by atoms with Gasteiger partial charge in [0.2, 0.25) is 5.91 Å². The highest BCUT2D eigenvalue weighted by Crippen LogP contribution is 2.49. The molecule has 8 heteroatoms. The summed E-state index contributed by atoms with van der Waals surface area (Å²) in [5, 5.41) is 13.2. The predicted octanol–water partition coefficient (Wildman–Crippen LogP) is 6.32. The molecule has 0 bridgehead atoms. The van der Waals surface area contributed by atoms with Crippen molar-refractivity contribution in [3.8, 4) is 11.1 Å². The molecule has 0 aromatic heterocycles. The van der Waals surface area contributed by atoms with Gasteiger partial charge in [-0.25, -0.2) is 9.59 Å². The Morgan fingerprint density at radius 2 is 1.54 bits per heavy atom. The Labute approximate surface area is 236 Å². The summed E-state index contributed by atoms with van der Waals surface area (Å²) in [6, 6.07) is 16.3. The fourth-order valence-corrected chi connectivity index (χ4v) is 6.62. The fraction of sp³-hybridized carbons (Fsp3) is 0.516. The van der Waals surface area contributed by atoms with Crippen LogP contribution in [0.4, 0.5) is 4.79 Å². The maximum Gasteiger partial charge on any atom is 0.408 e. The first-order chi connectivity index (χ1) is 18.0. The van der Waals surface area contributed by atoms with E-state index >= 15 is 0 Å². The Morgan fingerprint density at radius 3 is 2.03 bits per heavy atom. The highest BCUT2D eigenvalue weighted by molar-refractivity contribution is 8.00. The Balaban J connectivity index is 1.98. The zero-order valence-electron chi connectivity index (χ0n) is 24.3. The summed E-state index contributed by atoms with van der Waals surface area (Å²) in [5.74, 6) is -1.48. The second kappa shape index (κ2) is 11.6. The van der Waals surface area contributed by atoms with Crippen LogP contribution in [0.2, 0.25) is 0 Å². The number of nitrogens with one attached hydrogen (secondary N) is 1. The average Bonchev–Trinajstić information content (AvgIpc) is 3.21. The van der Waals surface area contributed by atoms with E-state index < -0.39 is 45.8 Å². The number of amides is 2. The summed E-state index contributed by atoms with van der Waals surface area (Å²) in [6.07, 6.45) is -0.438. The fourth-order valence-electron chi connectivity index (χ4n) is 4.98. The summed E-state index contributed by atoms with van der Waals surface area (Å²) in [5.41, 5.74) is 1.74. The maximum absolute atomic E-state index is 14.0. The lowest BCUT2D eigenvalue weighted by atomic mass is 9.85. The van der Waals surface area contributed by atoms with Crippen LogP contribution < -0.4 is 5.32 Å². The van der Waals surface area contributed by atoms with Gasteiger partial charge in [0.15, 0.2) is 0 Å². The molecular weight excluding hydrogens is 512 g/mol. The number of carbonyl (C=O) groups excluding carboxylic acids is 2. The van der Waals surface area contributed by atoms with Crippen LogP contribution >= 0.6 is 11.8 Å². The molecule has 0 spiro atoms. The van der Waals surface area contributed by atoms with E-state index in [0.717, 1.165) is 16.7 Å². The number of nitrogens with zero attached hydrogens (tertiary/aromatic N) is 1. The van der Waals surface area contributed by atoms with E-state index in [1.54, 1.807) is 32.5 Å². The molecule has 1 aliphatic heterocycles. The van der Waals surface area contributed by atoms with Gasteiger partial charge in [0.25, 0.3) is 0 Å². The first-order valence-electron chi connectivity index (χ1n) is 13.4. The third-order valence-electron chi connectivity index (χ3n) is 6.65. The summed E-state index contributed by atoms with van der Waals surface area (Å²) in [6.45, 7) is 15.2. The molecule has 212 valence electrons. The van der Waals surface area contributed by atoms with Crippen molar-refractivity contribution in [2.45, 2.75) is 89.5 Å². The summed E-state index contributed by atoms with van der Waals surface area (Å²) in [4.78, 5) is 40.7. The summed E-state index contributed by atoms with van der Waals surface area (Å²) < 4.78 is 4.81. The minimum atomic E-state index is -1.06. The lowest BCUT2D eigenvalue weighted by molar-refractivity contribution is -0.150. The molecule has 2 N–H and O–H groups in total. The molecule has 0 radical (unpaired) electrons. The number of thioether (sulfide) groups is 1. The van der Waals surface area contributed by atoms with Crippen LogP contribution in [0.5, 0.6) is 0 Å². The molecule has 2 aromatic carbocycles. The Kier molecular flexibility index (Phi) is 9.10. The van der Waals surface area contributed by atoms with Crippen molar-refractivity contribution in [1.82, 2.24) is 10.2 Å². The van der Waals surface area contributed by atoms with Gasteiger partial charge in [-0.2, -0.15) is 0 Å². The molecular formula is C31H42N2O5S. The minimum Gasteiger partial charge on any atom is -0.480 e. The van der Waals surface area contributed by atoms with Gasteiger partial charge in [-0.05, 0) is 54.5 Å². The van der Waals surface area contributed by atoms with Crippen LogP contribution in [0.25, 0.3) is 11.1 Å². The number of carboxylic acids is 1. The standard InChI is InChI=1S/C31H42N2O5S/c1-20(2)39-31(23-16-14-22(15-17-23)21-12-10-9-11-13-21)18-24(27(35)36)33(19-31)26(34)25(29(3,4)5)32-28(37)38-30(6,7)8/h9-17,20,24-25H,18-19H2,1-8H3,(H,32,37)(H,35,36)/t24-,25+,31-/m0/s1. The zero-order chi connectivity index (χ0) is 29.2. The molecule has 0 saturated carbocycles. The van der Waals surface area contributed by atoms with Gasteiger partial charge in [-0.15, -0.1) is 11.8 Å². The van der Waals surface area contributed by atoms with E-state index in [1.807, 2.05) is 63.2 Å². The maximum atomic E-state index is 14.0. The van der Waals surface area contributed by atoms with Crippen LogP contribution in [0.3, 0.4) is 0 Å². The Morgan fingerprint density at radius 1 is 0.974 bits per heavy atom. The largest absolute Gasteiger partial charge is 0.480 e. The molecule has 39 heavy (non-hydrogen) atoms. The Bertz CT molecular complexity index is 1170. The predicted molar refractivity (Wildman–Crippen MR) is 157 cm³/mol. The normalized spacial score (nSPS) is 20.5. The zero-order valence-corrected chi connectivity index (χ0v) is 25.1. The van der Waals surface area contributed by atoms with Gasteiger partial charge in [0.1, 0.15) is 17.7 Å². The second-order valence-corrected chi connectivity index (χ2v) is 14.5. The highest BCUT2D eigenvalue weighted by Gasteiger charge is 2.53. The third-order valence-corrected chi connectivity index (χ3v) is 8.10. The number of likely N-dealkylation sites (tertiary alicyclic amines) is 1. The topological polar surface area (TPSA) is 95.9 Å². The molecule has 1 saturated heterocycles. The SMILES string of the molecule is CC(C)S[C@@]1(c2ccc(-c3ccccc3)cc2)C[C@@H](C(=O)O)N(C(=O)[C@@H](NC(=O)OC(C)(C)C)C(C)(C)C)C1. The van der Waals surface area contributed by atoms with Crippen molar-refractivity contribution in [1.29, 1.82) is 0 Å². The molecule has 1 heterocycles. The number of alkyl carbamates (subject to hydrolysis) is 1. The smallest absolute Gasteiger partial charge is 0.408 e. The molecule has 2 aromatic rings. The van der Waals surface area contributed by atoms with E-state index in [4.69, 9.17) is 4.74 Å². The minimum absolute atomic E-state index is 0.196. The van der Waals surface area contributed by atoms with Crippen molar-refractivity contribution in [2.75, 3.05) is 6.54 Å². The second-order valence-electron chi connectivity index (χ2n) is 12.6. The number of rotatable bonds is 7. The number of hydrogen-bond acceptors (Lipinski definition) is 5. The molecule has 2 amide bonds. The first-order valence-corrected chi connectivity index (χ1v) is 14.3. The molecule has 7 nitrogen and oxygen atoms in total. The van der Waals surface area contributed by atoms with Crippen molar-refractivity contribution in [2.24, 2.45) is 5.41 Å². The van der Waals surface area contributed by atoms with Gasteiger partial charge in [0, 0.05) is 6.54 Å². The van der Waals surface area contributed by atoms with Gasteiger partial charge in [-0.3, -0.25) is 4.79 Å². The highest BCUT2D eigenvalue weighted by atomic mass is 32.2. The molecule has 3 atom stereocenters. The van der Waals surface area contributed by atoms with E-state index in [2.05, 4.69) is 31.3 Å². The van der Waals surface area contributed by atoms with E-state index in [9.17, 15) is 19.5 Å². The molecule has 0 aliphatic carbocycles. The van der Waals surface area contributed by atoms with E-state index in [0.29, 0.717) is 0 Å². The molecule has 1 aliphatic rings. The van der Waals surface area contributed by atoms with Crippen molar-refractivity contribution < 1.29 is 24.2 Å². The van der Waals surface area contributed by atoms with Crippen LogP contribution in [0.1, 0.15) is 67.4 Å². The van der Waals surface area contributed by atoms with E-state index in [-0.39, 0.29) is 18.2 Å². The molecule has 1 fully saturated rings. The van der Waals surface area contributed by atoms with Crippen molar-refractivity contribution in [3.05, 3.63) is 60.2 Å². The summed E-state index contributed by atoms with van der Waals surface area (Å²) >= 11 is 1.68. The third kappa shape index (κ3) is 7.56. The lowest BCUT2D eigenvalue weighted by Crippen LogP contribution is -2.57. The summed E-state index contributed by atoms with van der Waals surface area (Å²) in [7, 11) is 0. The van der Waals surface area contributed by atoms with Gasteiger partial charge in [0.05, 0.1) is 4.75 Å². The number of aliphatic carboxylic acids is 1. The number of carbonyl (C=O) groups is 3. The van der Waals surface area contributed by atoms with Gasteiger partial charge >= 0.3 is 12.1 Å². The Hall–Kier alpha value is -3.00. The van der Waals surface area contributed by atoms with Crippen LogP contribution in [0.15, 0.2) is 54.6 Å². The first kappa shape index (κ1) is 30.5. The number of carboxylic acid groups (broad SMARTS) is 1. The van der Waals surface area contributed by atoms with Crippen LogP contribution in [0, 0.1) is 5.41 Å². The average molecular weight is 555 g/mol. The number of benzene rings is 2. The van der Waals surface area contributed by atoms with Gasteiger partial charge in [-0.1, -0.05) is 89.2 Å². The molecule has 3 rings (SSSR count). The lowest BCUT2D eigenvalue weighted by Gasteiger charge is -2.36. The van der Waals surface area contributed by atoms with Crippen molar-refractivity contribution >= 4 is 29.7 Å².